The molecule has 0 spiro atoms. The monoisotopic (exact) mass is 427 g/mol. The van der Waals surface area contributed by atoms with E-state index < -0.39 is 18.5 Å². The summed E-state index contributed by atoms with van der Waals surface area (Å²) in [4.78, 5) is 23.9. The van der Waals surface area contributed by atoms with Gasteiger partial charge >= 0.3 is 5.97 Å². The Bertz CT molecular complexity index is 998. The van der Waals surface area contributed by atoms with Crippen molar-refractivity contribution in [1.82, 2.24) is 5.32 Å². The number of benzene rings is 2. The van der Waals surface area contributed by atoms with Gasteiger partial charge in [0.15, 0.2) is 6.61 Å². The quantitative estimate of drug-likeness (QED) is 0.498. The predicted octanol–water partition coefficient (Wildman–Crippen LogP) is 3.52. The average molecular weight is 427 g/mol. The minimum atomic E-state index is -0.752. The summed E-state index contributed by atoms with van der Waals surface area (Å²) in [6, 6.07) is 16.1. The minimum Gasteiger partial charge on any atom is -0.497 e. The number of rotatable bonds is 10. The Labute approximate surface area is 178 Å². The van der Waals surface area contributed by atoms with E-state index in [2.05, 4.69) is 5.32 Å². The van der Waals surface area contributed by atoms with Crippen molar-refractivity contribution in [1.29, 1.82) is 0 Å². The summed E-state index contributed by atoms with van der Waals surface area (Å²) in [6.45, 7) is 0.0582. The first kappa shape index (κ1) is 21.9. The molecule has 1 N–H and O–H groups in total. The number of carbonyl (C=O) groups is 2. The van der Waals surface area contributed by atoms with Crippen LogP contribution in [0.5, 0.6) is 11.5 Å². The summed E-state index contributed by atoms with van der Waals surface area (Å²) in [7, 11) is 1.60. The average Bonchev–Trinajstić information content (AvgIpc) is 3.27. The smallest absolute Gasteiger partial charge is 0.374 e. The molecule has 8 heteroatoms. The number of nitrogens with one attached hydrogen (secondary N) is 1. The van der Waals surface area contributed by atoms with E-state index in [4.69, 9.17) is 18.6 Å². The van der Waals surface area contributed by atoms with Crippen molar-refractivity contribution in [2.24, 2.45) is 0 Å². The fraction of sp³-hybridized carbons (Fsp3) is 0.217. The van der Waals surface area contributed by atoms with Crippen LogP contribution in [0.3, 0.4) is 0 Å². The van der Waals surface area contributed by atoms with Crippen LogP contribution < -0.4 is 14.8 Å². The summed E-state index contributed by atoms with van der Waals surface area (Å²) >= 11 is 0. The highest BCUT2D eigenvalue weighted by atomic mass is 19.1. The SMILES string of the molecule is COc1ccc(CCNC(=O)COC(=O)c2ccc(COc3ccc(F)cc3)o2)cc1. The number of methoxy groups -OCH3 is 1. The molecule has 1 amide bonds. The second kappa shape index (κ2) is 10.8. The molecule has 0 aliphatic carbocycles. The van der Waals surface area contributed by atoms with Crippen LogP contribution in [0.25, 0.3) is 0 Å². The summed E-state index contributed by atoms with van der Waals surface area (Å²) in [5.41, 5.74) is 1.05. The molecule has 162 valence electrons. The Hall–Kier alpha value is -3.81. The number of furan rings is 1. The van der Waals surface area contributed by atoms with E-state index in [9.17, 15) is 14.0 Å². The summed E-state index contributed by atoms with van der Waals surface area (Å²) < 4.78 is 33.8. The number of halogens is 1. The van der Waals surface area contributed by atoms with Gasteiger partial charge < -0.3 is 23.9 Å². The number of hydrogen-bond donors (Lipinski definition) is 1. The summed E-state index contributed by atoms with van der Waals surface area (Å²) in [5.74, 6) is 0.0618. The standard InChI is InChI=1S/C23H22FNO6/c1-28-18-6-2-16(3-7-18)12-13-25-22(26)15-30-23(27)21-11-10-20(31-21)14-29-19-8-4-17(24)5-9-19/h2-11H,12-15H2,1H3,(H,25,26). The fourth-order valence-corrected chi connectivity index (χ4v) is 2.64. The molecule has 0 fully saturated rings. The van der Waals surface area contributed by atoms with E-state index >= 15 is 0 Å². The number of ether oxygens (including phenoxy) is 3. The molecule has 1 heterocycles. The second-order valence-corrected chi connectivity index (χ2v) is 6.53. The fourth-order valence-electron chi connectivity index (χ4n) is 2.64. The molecule has 3 aromatic rings. The van der Waals surface area contributed by atoms with Crippen LogP contribution in [-0.4, -0.2) is 32.1 Å². The van der Waals surface area contributed by atoms with Crippen LogP contribution in [0.4, 0.5) is 4.39 Å². The van der Waals surface area contributed by atoms with Gasteiger partial charge in [-0.1, -0.05) is 12.1 Å². The molecule has 3 rings (SSSR count). The van der Waals surface area contributed by atoms with Crippen molar-refractivity contribution in [3.05, 3.63) is 83.6 Å². The first-order chi connectivity index (χ1) is 15.0. The molecule has 7 nitrogen and oxygen atoms in total. The molecule has 0 atom stereocenters. The number of carbonyl (C=O) groups excluding carboxylic acids is 2. The largest absolute Gasteiger partial charge is 0.497 e. The van der Waals surface area contributed by atoms with Gasteiger partial charge in [0.25, 0.3) is 5.91 Å². The lowest BCUT2D eigenvalue weighted by Crippen LogP contribution is -2.30. The van der Waals surface area contributed by atoms with Gasteiger partial charge in [-0.3, -0.25) is 4.79 Å². The number of hydrogen-bond acceptors (Lipinski definition) is 6. The highest BCUT2D eigenvalue weighted by Gasteiger charge is 2.15. The third-order valence-corrected chi connectivity index (χ3v) is 4.29. The predicted molar refractivity (Wildman–Crippen MR) is 109 cm³/mol. The number of esters is 1. The topological polar surface area (TPSA) is 87.0 Å². The lowest BCUT2D eigenvalue weighted by atomic mass is 10.1. The Kier molecular flexibility index (Phi) is 7.64. The first-order valence-corrected chi connectivity index (χ1v) is 9.57. The zero-order valence-electron chi connectivity index (χ0n) is 16.9. The first-order valence-electron chi connectivity index (χ1n) is 9.57. The molecule has 0 saturated heterocycles. The van der Waals surface area contributed by atoms with Crippen molar-refractivity contribution in [3.8, 4) is 11.5 Å². The molecule has 0 saturated carbocycles. The van der Waals surface area contributed by atoms with E-state index in [1.807, 2.05) is 24.3 Å². The van der Waals surface area contributed by atoms with Crippen LogP contribution in [0.15, 0.2) is 65.1 Å². The third kappa shape index (κ3) is 6.88. The van der Waals surface area contributed by atoms with E-state index in [1.165, 1.54) is 30.3 Å². The van der Waals surface area contributed by atoms with E-state index in [0.29, 0.717) is 24.5 Å². The van der Waals surface area contributed by atoms with Gasteiger partial charge in [-0.25, -0.2) is 9.18 Å². The second-order valence-electron chi connectivity index (χ2n) is 6.53. The lowest BCUT2D eigenvalue weighted by molar-refractivity contribution is -0.124. The summed E-state index contributed by atoms with van der Waals surface area (Å²) in [5, 5.41) is 2.69. The minimum absolute atomic E-state index is 0.0382. The van der Waals surface area contributed by atoms with Crippen molar-refractivity contribution < 1.29 is 32.6 Å². The maximum atomic E-state index is 12.9. The molecule has 0 aliphatic rings. The zero-order valence-corrected chi connectivity index (χ0v) is 16.9. The zero-order chi connectivity index (χ0) is 22.1. The lowest BCUT2D eigenvalue weighted by Gasteiger charge is -2.07. The van der Waals surface area contributed by atoms with Crippen molar-refractivity contribution in [2.75, 3.05) is 20.3 Å². The van der Waals surface area contributed by atoms with Gasteiger partial charge in [0.2, 0.25) is 5.76 Å². The molecule has 2 aromatic carbocycles. The molecule has 0 unspecified atom stereocenters. The van der Waals surface area contributed by atoms with Crippen LogP contribution >= 0.6 is 0 Å². The summed E-state index contributed by atoms with van der Waals surface area (Å²) in [6.07, 6.45) is 0.638. The molecular formula is C23H22FNO6. The maximum Gasteiger partial charge on any atom is 0.374 e. The van der Waals surface area contributed by atoms with Crippen molar-refractivity contribution in [2.45, 2.75) is 13.0 Å². The molecule has 1 aromatic heterocycles. The molecule has 0 bridgehead atoms. The molecular weight excluding hydrogens is 405 g/mol. The Balaban J connectivity index is 1.36. The Morgan fingerprint density at radius 2 is 1.68 bits per heavy atom. The Morgan fingerprint density at radius 1 is 0.968 bits per heavy atom. The van der Waals surface area contributed by atoms with Crippen LogP contribution in [-0.2, 0) is 22.6 Å². The van der Waals surface area contributed by atoms with Crippen LogP contribution in [0.2, 0.25) is 0 Å². The van der Waals surface area contributed by atoms with Gasteiger partial charge in [0, 0.05) is 6.54 Å². The number of amides is 1. The normalized spacial score (nSPS) is 10.4. The van der Waals surface area contributed by atoms with Gasteiger partial charge in [-0.2, -0.15) is 0 Å². The molecule has 0 aliphatic heterocycles. The third-order valence-electron chi connectivity index (χ3n) is 4.29. The van der Waals surface area contributed by atoms with Crippen LogP contribution in [0.1, 0.15) is 21.9 Å². The van der Waals surface area contributed by atoms with Gasteiger partial charge in [0.1, 0.15) is 29.7 Å². The van der Waals surface area contributed by atoms with E-state index in [1.54, 1.807) is 13.2 Å². The van der Waals surface area contributed by atoms with Crippen LogP contribution in [0, 0.1) is 5.82 Å². The van der Waals surface area contributed by atoms with E-state index in [0.717, 1.165) is 11.3 Å². The van der Waals surface area contributed by atoms with Gasteiger partial charge in [0.05, 0.1) is 7.11 Å². The van der Waals surface area contributed by atoms with Crippen molar-refractivity contribution >= 4 is 11.9 Å². The van der Waals surface area contributed by atoms with Crippen molar-refractivity contribution in [3.63, 3.8) is 0 Å². The van der Waals surface area contributed by atoms with Gasteiger partial charge in [-0.15, -0.1) is 0 Å². The molecule has 0 radical (unpaired) electrons. The molecule has 31 heavy (non-hydrogen) atoms. The van der Waals surface area contributed by atoms with E-state index in [-0.39, 0.29) is 18.2 Å². The maximum absolute atomic E-state index is 12.9. The van der Waals surface area contributed by atoms with Gasteiger partial charge in [-0.05, 0) is 60.5 Å². The highest BCUT2D eigenvalue weighted by Crippen LogP contribution is 2.16. The Morgan fingerprint density at radius 3 is 2.39 bits per heavy atom. The highest BCUT2D eigenvalue weighted by molar-refractivity contribution is 5.88.